The first-order valence-electron chi connectivity index (χ1n) is 5.93. The lowest BCUT2D eigenvalue weighted by Crippen LogP contribution is -2.32. The van der Waals surface area contributed by atoms with Gasteiger partial charge in [-0.3, -0.25) is 4.90 Å². The fourth-order valence-electron chi connectivity index (χ4n) is 2.06. The maximum absolute atomic E-state index is 12.2. The molecule has 2 heterocycles. The monoisotopic (exact) mass is 318 g/mol. The summed E-state index contributed by atoms with van der Waals surface area (Å²) in [7, 11) is 0. The van der Waals surface area contributed by atoms with E-state index in [4.69, 9.17) is 4.74 Å². The number of pyridine rings is 1. The van der Waals surface area contributed by atoms with Crippen LogP contribution in [0.25, 0.3) is 0 Å². The van der Waals surface area contributed by atoms with Crippen molar-refractivity contribution in [2.45, 2.75) is 6.42 Å². The molecule has 0 atom stereocenters. The molecule has 2 aromatic rings. The highest BCUT2D eigenvalue weighted by Crippen LogP contribution is 2.28. The lowest BCUT2D eigenvalue weighted by atomic mass is 10.2. The van der Waals surface area contributed by atoms with E-state index in [9.17, 15) is 4.79 Å². The van der Waals surface area contributed by atoms with E-state index < -0.39 is 6.09 Å². The molecule has 19 heavy (non-hydrogen) atoms. The largest absolute Gasteiger partial charge is 0.421 e. The molecule has 0 aliphatic carbocycles. The number of rotatable bonds is 1. The average Bonchev–Trinajstić information content (AvgIpc) is 2.85. The SMILES string of the molecule is O=C(Oc1ccccc1Br)N1CCc2cccnc21. The number of ether oxygens (including phenoxy) is 1. The highest BCUT2D eigenvalue weighted by Gasteiger charge is 2.27. The minimum Gasteiger partial charge on any atom is -0.409 e. The Bertz CT molecular complexity index is 630. The number of hydrogen-bond acceptors (Lipinski definition) is 3. The molecule has 3 rings (SSSR count). The molecule has 0 saturated carbocycles. The molecule has 0 radical (unpaired) electrons. The molecule has 5 heteroatoms. The summed E-state index contributed by atoms with van der Waals surface area (Å²) in [5, 5.41) is 0. The number of halogens is 1. The van der Waals surface area contributed by atoms with E-state index in [0.717, 1.165) is 16.5 Å². The molecule has 0 spiro atoms. The summed E-state index contributed by atoms with van der Waals surface area (Å²) in [5.41, 5.74) is 1.08. The Morgan fingerprint density at radius 1 is 1.26 bits per heavy atom. The zero-order valence-electron chi connectivity index (χ0n) is 10.0. The van der Waals surface area contributed by atoms with Crippen LogP contribution in [-0.4, -0.2) is 17.6 Å². The smallest absolute Gasteiger partial charge is 0.409 e. The quantitative estimate of drug-likeness (QED) is 0.809. The first-order valence-corrected chi connectivity index (χ1v) is 6.73. The predicted octanol–water partition coefficient (Wildman–Crippen LogP) is 3.41. The van der Waals surface area contributed by atoms with E-state index in [2.05, 4.69) is 20.9 Å². The van der Waals surface area contributed by atoms with Gasteiger partial charge in [-0.05, 0) is 46.1 Å². The Morgan fingerprint density at radius 3 is 2.95 bits per heavy atom. The van der Waals surface area contributed by atoms with E-state index in [1.165, 1.54) is 0 Å². The molecule has 0 saturated heterocycles. The molecule has 1 aromatic carbocycles. The van der Waals surface area contributed by atoms with E-state index >= 15 is 0 Å². The zero-order chi connectivity index (χ0) is 13.2. The van der Waals surface area contributed by atoms with Crippen molar-refractivity contribution < 1.29 is 9.53 Å². The number of nitrogens with zero attached hydrogens (tertiary/aromatic N) is 2. The van der Waals surface area contributed by atoms with Crippen LogP contribution < -0.4 is 9.64 Å². The van der Waals surface area contributed by atoms with Crippen molar-refractivity contribution in [2.24, 2.45) is 0 Å². The number of carbonyl (C=O) groups excluding carboxylic acids is 1. The second-order valence-corrected chi connectivity index (χ2v) is 5.04. The maximum Gasteiger partial charge on any atom is 0.421 e. The van der Waals surface area contributed by atoms with Crippen molar-refractivity contribution in [3.8, 4) is 5.75 Å². The fraction of sp³-hybridized carbons (Fsp3) is 0.143. The third kappa shape index (κ3) is 2.33. The first kappa shape index (κ1) is 12.2. The van der Waals surface area contributed by atoms with Crippen LogP contribution in [0.4, 0.5) is 10.6 Å². The molecule has 96 valence electrons. The first-order chi connectivity index (χ1) is 9.25. The molecule has 0 bridgehead atoms. The summed E-state index contributed by atoms with van der Waals surface area (Å²) in [6, 6.07) is 11.1. The minimum atomic E-state index is -0.399. The molecule has 0 unspecified atom stereocenters. The van der Waals surface area contributed by atoms with Crippen LogP contribution in [0, 0.1) is 0 Å². The second kappa shape index (κ2) is 5.01. The van der Waals surface area contributed by atoms with Gasteiger partial charge >= 0.3 is 6.09 Å². The van der Waals surface area contributed by atoms with Gasteiger partial charge in [0.15, 0.2) is 0 Å². The molecule has 1 aromatic heterocycles. The van der Waals surface area contributed by atoms with E-state index in [0.29, 0.717) is 18.1 Å². The highest BCUT2D eigenvalue weighted by molar-refractivity contribution is 9.10. The van der Waals surface area contributed by atoms with Gasteiger partial charge in [-0.2, -0.15) is 0 Å². The summed E-state index contributed by atoms with van der Waals surface area (Å²) < 4.78 is 6.14. The Morgan fingerprint density at radius 2 is 2.11 bits per heavy atom. The number of benzene rings is 1. The average molecular weight is 319 g/mol. The number of amides is 1. The molecular weight excluding hydrogens is 308 g/mol. The van der Waals surface area contributed by atoms with Gasteiger partial charge in [0.2, 0.25) is 0 Å². The molecule has 4 nitrogen and oxygen atoms in total. The highest BCUT2D eigenvalue weighted by atomic mass is 79.9. The Balaban J connectivity index is 1.81. The maximum atomic E-state index is 12.2. The molecule has 1 amide bonds. The van der Waals surface area contributed by atoms with Gasteiger partial charge in [-0.15, -0.1) is 0 Å². The number of fused-ring (bicyclic) bond motifs is 1. The standard InChI is InChI=1S/C14H11BrN2O2/c15-11-5-1-2-6-12(11)19-14(18)17-9-7-10-4-3-8-16-13(10)17/h1-6,8H,7,9H2. The summed E-state index contributed by atoms with van der Waals surface area (Å²) in [4.78, 5) is 18.0. The van der Waals surface area contributed by atoms with Crippen molar-refractivity contribution in [2.75, 3.05) is 11.4 Å². The van der Waals surface area contributed by atoms with E-state index in [1.54, 1.807) is 17.2 Å². The second-order valence-electron chi connectivity index (χ2n) is 4.19. The summed E-state index contributed by atoms with van der Waals surface area (Å²) >= 11 is 3.35. The van der Waals surface area contributed by atoms with Crippen LogP contribution in [0.5, 0.6) is 5.75 Å². The van der Waals surface area contributed by atoms with Crippen LogP contribution >= 0.6 is 15.9 Å². The Labute approximate surface area is 119 Å². The van der Waals surface area contributed by atoms with Crippen molar-refractivity contribution in [3.63, 3.8) is 0 Å². The Kier molecular flexibility index (Phi) is 3.21. The van der Waals surface area contributed by atoms with Crippen LogP contribution in [0.1, 0.15) is 5.56 Å². The summed E-state index contributed by atoms with van der Waals surface area (Å²) in [5.74, 6) is 1.21. The third-order valence-corrected chi connectivity index (χ3v) is 3.64. The van der Waals surface area contributed by atoms with Gasteiger partial charge in [-0.25, -0.2) is 9.78 Å². The topological polar surface area (TPSA) is 42.4 Å². The van der Waals surface area contributed by atoms with E-state index in [1.807, 2.05) is 30.3 Å². The van der Waals surface area contributed by atoms with Crippen molar-refractivity contribution in [1.82, 2.24) is 4.98 Å². The Hall–Kier alpha value is -1.88. The van der Waals surface area contributed by atoms with Crippen molar-refractivity contribution in [1.29, 1.82) is 0 Å². The normalized spacial score (nSPS) is 13.2. The number of aromatic nitrogens is 1. The molecule has 1 aliphatic heterocycles. The lowest BCUT2D eigenvalue weighted by Gasteiger charge is -2.16. The molecular formula is C14H11BrN2O2. The van der Waals surface area contributed by atoms with Crippen LogP contribution in [0.3, 0.4) is 0 Å². The van der Waals surface area contributed by atoms with Crippen molar-refractivity contribution in [3.05, 3.63) is 52.6 Å². The number of carbonyl (C=O) groups is 1. The van der Waals surface area contributed by atoms with Gasteiger partial charge in [0, 0.05) is 12.7 Å². The van der Waals surface area contributed by atoms with Gasteiger partial charge in [-0.1, -0.05) is 18.2 Å². The summed E-state index contributed by atoms with van der Waals surface area (Å²) in [6.07, 6.45) is 2.10. The van der Waals surface area contributed by atoms with Crippen LogP contribution in [-0.2, 0) is 6.42 Å². The van der Waals surface area contributed by atoms with Gasteiger partial charge in [0.05, 0.1) is 4.47 Å². The molecule has 1 aliphatic rings. The van der Waals surface area contributed by atoms with Gasteiger partial charge in [0.1, 0.15) is 11.6 Å². The fourth-order valence-corrected chi connectivity index (χ4v) is 2.43. The number of para-hydroxylation sites is 1. The lowest BCUT2D eigenvalue weighted by molar-refractivity contribution is 0.207. The number of anilines is 1. The third-order valence-electron chi connectivity index (χ3n) is 2.98. The number of hydrogen-bond donors (Lipinski definition) is 0. The summed E-state index contributed by atoms with van der Waals surface area (Å²) in [6.45, 7) is 0.607. The van der Waals surface area contributed by atoms with Crippen molar-refractivity contribution >= 4 is 27.8 Å². The zero-order valence-corrected chi connectivity index (χ0v) is 11.6. The van der Waals surface area contributed by atoms with Crippen LogP contribution in [0.2, 0.25) is 0 Å². The predicted molar refractivity (Wildman–Crippen MR) is 75.5 cm³/mol. The minimum absolute atomic E-state index is 0.399. The van der Waals surface area contributed by atoms with Gasteiger partial charge in [0.25, 0.3) is 0 Å². The van der Waals surface area contributed by atoms with E-state index in [-0.39, 0.29) is 0 Å². The molecule has 0 N–H and O–H groups in total. The van der Waals surface area contributed by atoms with Gasteiger partial charge < -0.3 is 4.74 Å². The molecule has 0 fully saturated rings. The van der Waals surface area contributed by atoms with Crippen LogP contribution in [0.15, 0.2) is 47.1 Å².